The summed E-state index contributed by atoms with van der Waals surface area (Å²) in [4.78, 5) is 21.8. The van der Waals surface area contributed by atoms with Crippen molar-refractivity contribution in [3.8, 4) is 0 Å². The van der Waals surface area contributed by atoms with E-state index in [1.54, 1.807) is 17.8 Å². The fourth-order valence-electron chi connectivity index (χ4n) is 1.58. The average molecular weight is 267 g/mol. The number of nitrogens with zero attached hydrogens (tertiary/aromatic N) is 1. The molecule has 18 heavy (non-hydrogen) atoms. The van der Waals surface area contributed by atoms with Crippen LogP contribution in [0.3, 0.4) is 0 Å². The molecule has 0 fully saturated rings. The summed E-state index contributed by atoms with van der Waals surface area (Å²) in [6.07, 6.45) is 5.39. The Morgan fingerprint density at radius 3 is 2.72 bits per heavy atom. The van der Waals surface area contributed by atoms with Gasteiger partial charge in [0.2, 0.25) is 0 Å². The van der Waals surface area contributed by atoms with Crippen LogP contribution in [0, 0.1) is 10.1 Å². The van der Waals surface area contributed by atoms with Crippen LogP contribution in [0.25, 0.3) is 0 Å². The lowest BCUT2D eigenvalue weighted by Gasteiger charge is -2.04. The van der Waals surface area contributed by atoms with Gasteiger partial charge in [-0.2, -0.15) is 0 Å². The Morgan fingerprint density at radius 2 is 2.11 bits per heavy atom. The van der Waals surface area contributed by atoms with Crippen molar-refractivity contribution in [1.82, 2.24) is 0 Å². The lowest BCUT2D eigenvalue weighted by molar-refractivity contribution is -0.384. The molecule has 0 aliphatic heterocycles. The van der Waals surface area contributed by atoms with Crippen LogP contribution in [0.2, 0.25) is 0 Å². The molecule has 5 heteroatoms. The van der Waals surface area contributed by atoms with E-state index in [1.165, 1.54) is 31.4 Å². The summed E-state index contributed by atoms with van der Waals surface area (Å²) >= 11 is 1.59. The smallest absolute Gasteiger partial charge is 0.270 e. The molecule has 0 aliphatic carbocycles. The molecule has 1 aromatic carbocycles. The molecule has 0 saturated heterocycles. The highest BCUT2D eigenvalue weighted by Gasteiger charge is 2.10. The summed E-state index contributed by atoms with van der Waals surface area (Å²) in [5, 5.41) is 10.6. The second-order valence-electron chi connectivity index (χ2n) is 4.01. The molecular weight excluding hydrogens is 250 g/mol. The van der Waals surface area contributed by atoms with E-state index in [0.717, 1.165) is 17.1 Å². The van der Waals surface area contributed by atoms with Crippen LogP contribution in [0.15, 0.2) is 23.1 Å². The van der Waals surface area contributed by atoms with Gasteiger partial charge in [-0.3, -0.25) is 14.9 Å². The van der Waals surface area contributed by atoms with Gasteiger partial charge in [-0.1, -0.05) is 26.2 Å². The van der Waals surface area contributed by atoms with Gasteiger partial charge in [-0.25, -0.2) is 0 Å². The largest absolute Gasteiger partial charge is 0.298 e. The molecule has 0 bridgehead atoms. The van der Waals surface area contributed by atoms with Crippen molar-refractivity contribution in [2.24, 2.45) is 0 Å². The molecule has 4 nitrogen and oxygen atoms in total. The minimum absolute atomic E-state index is 0.0348. The highest BCUT2D eigenvalue weighted by Crippen LogP contribution is 2.26. The maximum atomic E-state index is 10.9. The molecule has 0 radical (unpaired) electrons. The molecule has 0 aliphatic rings. The van der Waals surface area contributed by atoms with Crippen molar-refractivity contribution in [3.63, 3.8) is 0 Å². The number of carbonyl (C=O) groups excluding carboxylic acids is 1. The summed E-state index contributed by atoms with van der Waals surface area (Å²) in [6.45, 7) is 2.16. The lowest BCUT2D eigenvalue weighted by atomic mass is 10.2. The number of benzene rings is 1. The average Bonchev–Trinajstić information content (AvgIpc) is 2.38. The van der Waals surface area contributed by atoms with Gasteiger partial charge in [-0.05, 0) is 18.2 Å². The van der Waals surface area contributed by atoms with Gasteiger partial charge in [0, 0.05) is 22.6 Å². The first-order valence-electron chi connectivity index (χ1n) is 6.05. The van der Waals surface area contributed by atoms with Gasteiger partial charge < -0.3 is 0 Å². The summed E-state index contributed by atoms with van der Waals surface area (Å²) < 4.78 is 0. The van der Waals surface area contributed by atoms with E-state index < -0.39 is 4.92 Å². The van der Waals surface area contributed by atoms with Crippen LogP contribution >= 0.6 is 11.8 Å². The van der Waals surface area contributed by atoms with Gasteiger partial charge in [0.05, 0.1) is 4.92 Å². The number of nitro benzene ring substituents is 1. The molecule has 1 rings (SSSR count). The minimum atomic E-state index is -0.483. The van der Waals surface area contributed by atoms with Gasteiger partial charge in [0.25, 0.3) is 5.69 Å². The molecule has 98 valence electrons. The van der Waals surface area contributed by atoms with E-state index in [9.17, 15) is 14.9 Å². The third-order valence-electron chi connectivity index (χ3n) is 2.59. The summed E-state index contributed by atoms with van der Waals surface area (Å²) in [6, 6.07) is 4.44. The second-order valence-corrected chi connectivity index (χ2v) is 5.14. The number of hydrogen-bond acceptors (Lipinski definition) is 4. The Bertz CT molecular complexity index is 421. The molecule has 0 unspecified atom stereocenters. The zero-order chi connectivity index (χ0) is 13.4. The first-order chi connectivity index (χ1) is 8.69. The van der Waals surface area contributed by atoms with Gasteiger partial charge in [0.15, 0.2) is 6.29 Å². The number of thioether (sulfide) groups is 1. The van der Waals surface area contributed by atoms with E-state index in [2.05, 4.69) is 6.92 Å². The van der Waals surface area contributed by atoms with Gasteiger partial charge in [0.1, 0.15) is 0 Å². The summed E-state index contributed by atoms with van der Waals surface area (Å²) in [7, 11) is 0. The number of rotatable bonds is 8. The molecule has 0 aromatic heterocycles. The van der Waals surface area contributed by atoms with E-state index in [0.29, 0.717) is 11.8 Å². The quantitative estimate of drug-likeness (QED) is 0.234. The van der Waals surface area contributed by atoms with Crippen molar-refractivity contribution >= 4 is 23.7 Å². The molecular formula is C13H17NO3S. The molecule has 1 aromatic rings. The summed E-state index contributed by atoms with van der Waals surface area (Å²) in [5.74, 6) is 0.943. The van der Waals surface area contributed by atoms with Crippen molar-refractivity contribution in [1.29, 1.82) is 0 Å². The molecule has 0 amide bonds. The van der Waals surface area contributed by atoms with Crippen molar-refractivity contribution in [3.05, 3.63) is 33.9 Å². The molecule has 0 spiro atoms. The molecule has 0 atom stereocenters. The Hall–Kier alpha value is -1.36. The fraction of sp³-hybridized carbons (Fsp3) is 0.462. The topological polar surface area (TPSA) is 60.2 Å². The predicted octanol–water partition coefficient (Wildman–Crippen LogP) is 4.08. The van der Waals surface area contributed by atoms with Gasteiger partial charge >= 0.3 is 0 Å². The van der Waals surface area contributed by atoms with Crippen molar-refractivity contribution < 1.29 is 9.72 Å². The van der Waals surface area contributed by atoms with E-state index >= 15 is 0 Å². The molecule has 0 saturated carbocycles. The van der Waals surface area contributed by atoms with Crippen molar-refractivity contribution in [2.45, 2.75) is 37.5 Å². The fourth-order valence-corrected chi connectivity index (χ4v) is 2.59. The van der Waals surface area contributed by atoms with Gasteiger partial charge in [-0.15, -0.1) is 11.8 Å². The first kappa shape index (κ1) is 14.7. The highest BCUT2D eigenvalue weighted by atomic mass is 32.2. The number of aldehydes is 1. The Morgan fingerprint density at radius 1 is 1.33 bits per heavy atom. The van der Waals surface area contributed by atoms with Crippen LogP contribution in [-0.4, -0.2) is 17.0 Å². The van der Waals surface area contributed by atoms with E-state index in [-0.39, 0.29) is 5.69 Å². The zero-order valence-corrected chi connectivity index (χ0v) is 11.2. The third-order valence-corrected chi connectivity index (χ3v) is 3.76. The number of non-ortho nitro benzene ring substituents is 1. The highest BCUT2D eigenvalue weighted by molar-refractivity contribution is 7.99. The van der Waals surface area contributed by atoms with E-state index in [1.807, 2.05) is 0 Å². The van der Waals surface area contributed by atoms with Crippen LogP contribution in [0.5, 0.6) is 0 Å². The number of hydrogen-bond donors (Lipinski definition) is 0. The Labute approximate surface area is 111 Å². The standard InChI is InChI=1S/C13H17NO3S/c1-2-3-4-5-8-18-13-7-6-12(14(16)17)9-11(13)10-15/h6-7,9-10H,2-5,8H2,1H3. The predicted molar refractivity (Wildman–Crippen MR) is 73.3 cm³/mol. The van der Waals surface area contributed by atoms with E-state index in [4.69, 9.17) is 0 Å². The Kier molecular flexibility index (Phi) is 6.43. The second kappa shape index (κ2) is 7.87. The monoisotopic (exact) mass is 267 g/mol. The Balaban J connectivity index is 2.60. The lowest BCUT2D eigenvalue weighted by Crippen LogP contribution is -1.92. The number of carbonyl (C=O) groups is 1. The number of unbranched alkanes of at least 4 members (excludes halogenated alkanes) is 3. The zero-order valence-electron chi connectivity index (χ0n) is 10.4. The molecule has 0 heterocycles. The minimum Gasteiger partial charge on any atom is -0.298 e. The maximum Gasteiger partial charge on any atom is 0.270 e. The molecule has 0 N–H and O–H groups in total. The van der Waals surface area contributed by atoms with Crippen LogP contribution in [0.4, 0.5) is 5.69 Å². The maximum absolute atomic E-state index is 10.9. The summed E-state index contributed by atoms with van der Waals surface area (Å²) in [5.41, 5.74) is 0.372. The normalized spacial score (nSPS) is 10.3. The van der Waals surface area contributed by atoms with Crippen LogP contribution < -0.4 is 0 Å². The number of nitro groups is 1. The first-order valence-corrected chi connectivity index (χ1v) is 7.04. The third kappa shape index (κ3) is 4.49. The van der Waals surface area contributed by atoms with Crippen molar-refractivity contribution in [2.75, 3.05) is 5.75 Å². The SMILES string of the molecule is CCCCCCSc1ccc([N+](=O)[O-])cc1C=O. The van der Waals surface area contributed by atoms with Crippen LogP contribution in [0.1, 0.15) is 43.0 Å². The van der Waals surface area contributed by atoms with Crippen LogP contribution in [-0.2, 0) is 0 Å².